The quantitative estimate of drug-likeness (QED) is 0.737. The molecule has 0 unspecified atom stereocenters. The zero-order chi connectivity index (χ0) is 14.1. The number of nitrogens with zero attached hydrogens (tertiary/aromatic N) is 1. The molecule has 0 aliphatic rings. The first-order valence-corrected chi connectivity index (χ1v) is 7.08. The van der Waals surface area contributed by atoms with E-state index in [1.54, 1.807) is 12.1 Å². The van der Waals surface area contributed by atoms with Gasteiger partial charge in [0.1, 0.15) is 0 Å². The number of carbonyl (C=O) groups excluding carboxylic acids is 1. The van der Waals surface area contributed by atoms with Crippen LogP contribution in [0, 0.1) is 0 Å². The second-order valence-corrected chi connectivity index (χ2v) is 4.75. The van der Waals surface area contributed by atoms with Crippen LogP contribution in [0.2, 0.25) is 0 Å². The van der Waals surface area contributed by atoms with E-state index in [0.29, 0.717) is 5.69 Å². The molecule has 0 heterocycles. The number of nitrogen functional groups attached to an aromatic ring is 1. The maximum absolute atomic E-state index is 12.2. The molecule has 1 aromatic carbocycles. The van der Waals surface area contributed by atoms with Gasteiger partial charge in [0.2, 0.25) is 0 Å². The molecule has 0 saturated heterocycles. The van der Waals surface area contributed by atoms with Gasteiger partial charge in [-0.2, -0.15) is 0 Å². The van der Waals surface area contributed by atoms with Crippen molar-refractivity contribution >= 4 is 17.4 Å². The fraction of sp³-hybridized carbons (Fsp3) is 0.533. The Balaban J connectivity index is 2.56. The van der Waals surface area contributed by atoms with E-state index in [0.717, 1.165) is 44.5 Å². The van der Waals surface area contributed by atoms with Crippen LogP contribution >= 0.6 is 0 Å². The molecule has 0 radical (unpaired) electrons. The summed E-state index contributed by atoms with van der Waals surface area (Å²) in [4.78, 5) is 14.1. The van der Waals surface area contributed by atoms with Crippen molar-refractivity contribution in [1.82, 2.24) is 4.90 Å². The molecule has 0 bridgehead atoms. The van der Waals surface area contributed by atoms with Gasteiger partial charge >= 0.3 is 6.03 Å². The Morgan fingerprint density at radius 1 is 1.11 bits per heavy atom. The van der Waals surface area contributed by atoms with E-state index in [4.69, 9.17) is 5.73 Å². The van der Waals surface area contributed by atoms with E-state index in [2.05, 4.69) is 19.2 Å². The highest BCUT2D eigenvalue weighted by Crippen LogP contribution is 2.12. The first-order valence-electron chi connectivity index (χ1n) is 7.08. The lowest BCUT2D eigenvalue weighted by molar-refractivity contribution is 0.210. The average Bonchev–Trinajstić information content (AvgIpc) is 2.41. The number of anilines is 2. The number of nitrogens with one attached hydrogen (secondary N) is 1. The van der Waals surface area contributed by atoms with Crippen molar-refractivity contribution in [3.63, 3.8) is 0 Å². The molecule has 3 N–H and O–H groups in total. The summed E-state index contributed by atoms with van der Waals surface area (Å²) < 4.78 is 0. The van der Waals surface area contributed by atoms with Crippen LogP contribution < -0.4 is 11.1 Å². The molecule has 0 atom stereocenters. The summed E-state index contributed by atoms with van der Waals surface area (Å²) in [7, 11) is 0. The number of hydrogen-bond acceptors (Lipinski definition) is 2. The van der Waals surface area contributed by atoms with Crippen molar-refractivity contribution in [2.24, 2.45) is 0 Å². The summed E-state index contributed by atoms with van der Waals surface area (Å²) in [5.41, 5.74) is 7.12. The third-order valence-electron chi connectivity index (χ3n) is 3.01. The largest absolute Gasteiger partial charge is 0.399 e. The zero-order valence-electron chi connectivity index (χ0n) is 12.0. The van der Waals surface area contributed by atoms with Crippen LogP contribution in [0.1, 0.15) is 39.5 Å². The Labute approximate surface area is 116 Å². The molecular formula is C15H25N3O. The summed E-state index contributed by atoms with van der Waals surface area (Å²) >= 11 is 0. The fourth-order valence-electron chi connectivity index (χ4n) is 1.78. The number of hydrogen-bond donors (Lipinski definition) is 2. The van der Waals surface area contributed by atoms with Gasteiger partial charge in [0.25, 0.3) is 0 Å². The maximum Gasteiger partial charge on any atom is 0.321 e. The van der Waals surface area contributed by atoms with Crippen LogP contribution in [-0.2, 0) is 0 Å². The summed E-state index contributed by atoms with van der Waals surface area (Å²) in [6.45, 7) is 5.90. The molecule has 1 rings (SSSR count). The second kappa shape index (κ2) is 8.40. The highest BCUT2D eigenvalue weighted by Gasteiger charge is 2.12. The van der Waals surface area contributed by atoms with E-state index >= 15 is 0 Å². The molecular weight excluding hydrogens is 238 g/mol. The Hall–Kier alpha value is -1.71. The highest BCUT2D eigenvalue weighted by atomic mass is 16.2. The van der Waals surface area contributed by atoms with E-state index in [1.165, 1.54) is 0 Å². The Kier molecular flexibility index (Phi) is 6.79. The van der Waals surface area contributed by atoms with Gasteiger partial charge in [-0.1, -0.05) is 26.7 Å². The number of carbonyl (C=O) groups is 1. The van der Waals surface area contributed by atoms with Crippen LogP contribution in [0.5, 0.6) is 0 Å². The monoisotopic (exact) mass is 263 g/mol. The van der Waals surface area contributed by atoms with Gasteiger partial charge in [0.15, 0.2) is 0 Å². The summed E-state index contributed by atoms with van der Waals surface area (Å²) in [6.07, 6.45) is 4.27. The SMILES string of the molecule is CCCCN(CCCC)C(=O)Nc1ccc(N)cc1. The van der Waals surface area contributed by atoms with E-state index < -0.39 is 0 Å². The van der Waals surface area contributed by atoms with Crippen LogP contribution in [0.4, 0.5) is 16.2 Å². The van der Waals surface area contributed by atoms with Crippen LogP contribution in [0.25, 0.3) is 0 Å². The molecule has 19 heavy (non-hydrogen) atoms. The molecule has 0 aromatic heterocycles. The Bertz CT molecular complexity index is 367. The average molecular weight is 263 g/mol. The van der Waals surface area contributed by atoms with Gasteiger partial charge in [-0.15, -0.1) is 0 Å². The van der Waals surface area contributed by atoms with Gasteiger partial charge in [-0.25, -0.2) is 4.79 Å². The molecule has 0 spiro atoms. The highest BCUT2D eigenvalue weighted by molar-refractivity contribution is 5.89. The minimum Gasteiger partial charge on any atom is -0.399 e. The summed E-state index contributed by atoms with van der Waals surface area (Å²) in [6, 6.07) is 7.21. The Morgan fingerprint density at radius 2 is 1.63 bits per heavy atom. The number of rotatable bonds is 7. The summed E-state index contributed by atoms with van der Waals surface area (Å²) in [5.74, 6) is 0. The molecule has 1 aromatic rings. The van der Waals surface area contributed by atoms with Crippen molar-refractivity contribution in [3.05, 3.63) is 24.3 Å². The van der Waals surface area contributed by atoms with E-state index in [1.807, 2.05) is 17.0 Å². The molecule has 106 valence electrons. The minimum absolute atomic E-state index is 0.0216. The van der Waals surface area contributed by atoms with Crippen molar-refractivity contribution in [1.29, 1.82) is 0 Å². The van der Waals surface area contributed by atoms with E-state index in [-0.39, 0.29) is 6.03 Å². The Morgan fingerprint density at radius 3 is 2.11 bits per heavy atom. The number of urea groups is 1. The third-order valence-corrected chi connectivity index (χ3v) is 3.01. The summed E-state index contributed by atoms with van der Waals surface area (Å²) in [5, 5.41) is 2.92. The standard InChI is InChI=1S/C15H25N3O/c1-3-5-11-18(12-6-4-2)15(19)17-14-9-7-13(16)8-10-14/h7-10H,3-6,11-12,16H2,1-2H3,(H,17,19). The number of benzene rings is 1. The molecule has 0 aliphatic heterocycles. The van der Waals surface area contributed by atoms with Crippen molar-refractivity contribution < 1.29 is 4.79 Å². The molecule has 0 aliphatic carbocycles. The number of unbranched alkanes of at least 4 members (excludes halogenated alkanes) is 2. The third kappa shape index (κ3) is 5.64. The predicted octanol–water partition coefficient (Wildman–Crippen LogP) is 3.70. The van der Waals surface area contributed by atoms with Gasteiger partial charge in [-0.05, 0) is 37.1 Å². The van der Waals surface area contributed by atoms with Crippen molar-refractivity contribution in [2.75, 3.05) is 24.1 Å². The van der Waals surface area contributed by atoms with E-state index in [9.17, 15) is 4.79 Å². The van der Waals surface area contributed by atoms with Gasteiger partial charge in [-0.3, -0.25) is 0 Å². The number of nitrogens with two attached hydrogens (primary N) is 1. The predicted molar refractivity (Wildman–Crippen MR) is 81.3 cm³/mol. The van der Waals surface area contributed by atoms with Gasteiger partial charge in [0.05, 0.1) is 0 Å². The van der Waals surface area contributed by atoms with Crippen molar-refractivity contribution in [3.8, 4) is 0 Å². The van der Waals surface area contributed by atoms with Gasteiger partial charge in [0, 0.05) is 24.5 Å². The lowest BCUT2D eigenvalue weighted by atomic mass is 10.2. The topological polar surface area (TPSA) is 58.4 Å². The first kappa shape index (κ1) is 15.3. The molecule has 0 saturated carbocycles. The van der Waals surface area contributed by atoms with Gasteiger partial charge < -0.3 is 16.0 Å². The van der Waals surface area contributed by atoms with Crippen LogP contribution in [-0.4, -0.2) is 24.0 Å². The smallest absolute Gasteiger partial charge is 0.321 e. The first-order chi connectivity index (χ1) is 9.17. The van der Waals surface area contributed by atoms with Crippen LogP contribution in [0.15, 0.2) is 24.3 Å². The molecule has 4 heteroatoms. The minimum atomic E-state index is -0.0216. The lowest BCUT2D eigenvalue weighted by Gasteiger charge is -2.22. The lowest BCUT2D eigenvalue weighted by Crippen LogP contribution is -2.36. The number of amides is 2. The molecule has 4 nitrogen and oxygen atoms in total. The van der Waals surface area contributed by atoms with Crippen LogP contribution in [0.3, 0.4) is 0 Å². The fourth-order valence-corrected chi connectivity index (χ4v) is 1.78. The molecule has 0 fully saturated rings. The second-order valence-electron chi connectivity index (χ2n) is 4.75. The zero-order valence-corrected chi connectivity index (χ0v) is 12.0. The normalized spacial score (nSPS) is 10.2. The maximum atomic E-state index is 12.2. The van der Waals surface area contributed by atoms with Crippen molar-refractivity contribution in [2.45, 2.75) is 39.5 Å². The molecule has 2 amide bonds.